The number of nitrogens with zero attached hydrogens (tertiary/aromatic N) is 1. The predicted octanol–water partition coefficient (Wildman–Crippen LogP) is 3.94. The standard InChI is InChI=1S/C20H21BrN4O2S/c1-13-11-14(6-7-15(13)21)24-20(27)18-16(8-10-28-18)23-12-25-9-4-3-5-17(25)19(26)22-2/h3-11,17,23H,12H2,1-2H3,(H,22,26)(H,24,27). The third-order valence-electron chi connectivity index (χ3n) is 4.29. The fraction of sp³-hybridized carbons (Fsp3) is 0.200. The van der Waals surface area contributed by atoms with Crippen LogP contribution in [0.15, 0.2) is 58.5 Å². The number of nitrogens with one attached hydrogen (secondary N) is 3. The number of aryl methyl sites for hydroxylation is 1. The van der Waals surface area contributed by atoms with E-state index < -0.39 is 0 Å². The molecular weight excluding hydrogens is 440 g/mol. The maximum absolute atomic E-state index is 12.7. The van der Waals surface area contributed by atoms with Crippen molar-refractivity contribution < 1.29 is 9.59 Å². The first kappa shape index (κ1) is 20.2. The SMILES string of the molecule is CNC(=O)C1C=CC=CN1CNc1ccsc1C(=O)Nc1ccc(Br)c(C)c1. The maximum Gasteiger partial charge on any atom is 0.267 e. The zero-order valence-electron chi connectivity index (χ0n) is 15.5. The molecule has 2 heterocycles. The van der Waals surface area contributed by atoms with Crippen molar-refractivity contribution in [3.05, 3.63) is 69.0 Å². The molecule has 3 N–H and O–H groups in total. The summed E-state index contributed by atoms with van der Waals surface area (Å²) in [6, 6.07) is 7.17. The van der Waals surface area contributed by atoms with Gasteiger partial charge in [-0.05, 0) is 48.2 Å². The Labute approximate surface area is 176 Å². The van der Waals surface area contributed by atoms with Crippen LogP contribution >= 0.6 is 27.3 Å². The van der Waals surface area contributed by atoms with Crippen molar-refractivity contribution in [3.8, 4) is 0 Å². The van der Waals surface area contributed by atoms with Crippen LogP contribution in [0, 0.1) is 6.92 Å². The van der Waals surface area contributed by atoms with Crippen LogP contribution in [0.3, 0.4) is 0 Å². The molecule has 1 aliphatic rings. The highest BCUT2D eigenvalue weighted by Crippen LogP contribution is 2.25. The van der Waals surface area contributed by atoms with Crippen molar-refractivity contribution in [2.24, 2.45) is 0 Å². The van der Waals surface area contributed by atoms with Gasteiger partial charge in [0.2, 0.25) is 5.91 Å². The van der Waals surface area contributed by atoms with E-state index in [1.807, 2.05) is 65.9 Å². The molecule has 6 nitrogen and oxygen atoms in total. The lowest BCUT2D eigenvalue weighted by Gasteiger charge is -2.29. The fourth-order valence-electron chi connectivity index (χ4n) is 2.78. The fourth-order valence-corrected chi connectivity index (χ4v) is 3.79. The van der Waals surface area contributed by atoms with Gasteiger partial charge in [0.1, 0.15) is 10.9 Å². The van der Waals surface area contributed by atoms with E-state index in [-0.39, 0.29) is 17.9 Å². The second kappa shape index (κ2) is 9.07. The molecule has 1 unspecified atom stereocenters. The maximum atomic E-state index is 12.7. The first-order valence-electron chi connectivity index (χ1n) is 8.71. The van der Waals surface area contributed by atoms with E-state index in [0.29, 0.717) is 11.5 Å². The molecule has 1 aromatic carbocycles. The Morgan fingerprint density at radius 3 is 2.82 bits per heavy atom. The molecule has 0 fully saturated rings. The highest BCUT2D eigenvalue weighted by Gasteiger charge is 2.22. The predicted molar refractivity (Wildman–Crippen MR) is 118 cm³/mol. The average Bonchev–Trinajstić information content (AvgIpc) is 3.17. The van der Waals surface area contributed by atoms with Crippen LogP contribution in [-0.2, 0) is 4.79 Å². The smallest absolute Gasteiger partial charge is 0.267 e. The Kier molecular flexibility index (Phi) is 6.53. The lowest BCUT2D eigenvalue weighted by molar-refractivity contribution is -0.123. The molecule has 0 bridgehead atoms. The van der Waals surface area contributed by atoms with Gasteiger partial charge < -0.3 is 20.9 Å². The summed E-state index contributed by atoms with van der Waals surface area (Å²) in [5, 5.41) is 10.7. The Morgan fingerprint density at radius 2 is 2.07 bits per heavy atom. The van der Waals surface area contributed by atoms with Crippen LogP contribution in [0.25, 0.3) is 0 Å². The zero-order chi connectivity index (χ0) is 20.1. The van der Waals surface area contributed by atoms with Gasteiger partial charge in [-0.2, -0.15) is 0 Å². The minimum atomic E-state index is -0.385. The first-order valence-corrected chi connectivity index (χ1v) is 10.4. The van der Waals surface area contributed by atoms with Crippen LogP contribution in [0.5, 0.6) is 0 Å². The summed E-state index contributed by atoms with van der Waals surface area (Å²) in [4.78, 5) is 27.2. The summed E-state index contributed by atoms with van der Waals surface area (Å²) in [5.41, 5.74) is 2.52. The minimum Gasteiger partial charge on any atom is -0.366 e. The largest absolute Gasteiger partial charge is 0.366 e. The van der Waals surface area contributed by atoms with Gasteiger partial charge in [0.15, 0.2) is 0 Å². The lowest BCUT2D eigenvalue weighted by Crippen LogP contribution is -2.44. The molecular formula is C20H21BrN4O2S. The lowest BCUT2D eigenvalue weighted by atomic mass is 10.2. The number of hydrogen-bond donors (Lipinski definition) is 3. The number of likely N-dealkylation sites (N-methyl/N-ethyl adjacent to an activating group) is 1. The van der Waals surface area contributed by atoms with Crippen LogP contribution in [0.1, 0.15) is 15.2 Å². The Hall–Kier alpha value is -2.58. The van der Waals surface area contributed by atoms with Crippen molar-refractivity contribution in [2.45, 2.75) is 13.0 Å². The minimum absolute atomic E-state index is 0.0868. The van der Waals surface area contributed by atoms with Gasteiger partial charge in [-0.15, -0.1) is 11.3 Å². The number of thiophene rings is 1. The van der Waals surface area contributed by atoms with Gasteiger partial charge in [0, 0.05) is 23.4 Å². The Bertz CT molecular complexity index is 938. The van der Waals surface area contributed by atoms with Gasteiger partial charge in [-0.3, -0.25) is 9.59 Å². The molecule has 0 radical (unpaired) electrons. The van der Waals surface area contributed by atoms with Crippen LogP contribution in [0.4, 0.5) is 11.4 Å². The van der Waals surface area contributed by atoms with Crippen LogP contribution in [-0.4, -0.2) is 36.5 Å². The molecule has 1 atom stereocenters. The van der Waals surface area contributed by atoms with Gasteiger partial charge >= 0.3 is 0 Å². The van der Waals surface area contributed by atoms with E-state index in [9.17, 15) is 9.59 Å². The normalized spacial score (nSPS) is 15.4. The van der Waals surface area contributed by atoms with Gasteiger partial charge in [0.05, 0.1) is 12.4 Å². The van der Waals surface area contributed by atoms with Crippen molar-refractivity contribution >= 4 is 50.5 Å². The molecule has 3 rings (SSSR count). The summed E-state index contributed by atoms with van der Waals surface area (Å²) < 4.78 is 0.998. The Balaban J connectivity index is 1.67. The van der Waals surface area contributed by atoms with E-state index in [4.69, 9.17) is 0 Å². The zero-order valence-corrected chi connectivity index (χ0v) is 17.9. The molecule has 0 spiro atoms. The van der Waals surface area contributed by atoms with E-state index in [1.165, 1.54) is 11.3 Å². The summed E-state index contributed by atoms with van der Waals surface area (Å²) in [6.07, 6.45) is 7.40. The molecule has 28 heavy (non-hydrogen) atoms. The number of rotatable bonds is 6. The topological polar surface area (TPSA) is 73.5 Å². The van der Waals surface area contributed by atoms with Crippen molar-refractivity contribution in [3.63, 3.8) is 0 Å². The number of hydrogen-bond acceptors (Lipinski definition) is 5. The molecule has 2 aromatic rings. The highest BCUT2D eigenvalue weighted by molar-refractivity contribution is 9.10. The number of anilines is 2. The summed E-state index contributed by atoms with van der Waals surface area (Å²) >= 11 is 4.83. The molecule has 2 amide bonds. The third kappa shape index (κ3) is 4.63. The first-order chi connectivity index (χ1) is 13.5. The highest BCUT2D eigenvalue weighted by atomic mass is 79.9. The summed E-state index contributed by atoms with van der Waals surface area (Å²) in [6.45, 7) is 2.37. The second-order valence-corrected chi connectivity index (χ2v) is 7.99. The van der Waals surface area contributed by atoms with Gasteiger partial charge in [0.25, 0.3) is 5.91 Å². The van der Waals surface area contributed by atoms with E-state index >= 15 is 0 Å². The number of carbonyl (C=O) groups is 2. The number of allylic oxidation sites excluding steroid dienone is 2. The van der Waals surface area contributed by atoms with Gasteiger partial charge in [-0.25, -0.2) is 0 Å². The Morgan fingerprint density at radius 1 is 1.25 bits per heavy atom. The number of benzene rings is 1. The molecule has 0 saturated carbocycles. The van der Waals surface area contributed by atoms with E-state index in [0.717, 1.165) is 21.4 Å². The molecule has 0 saturated heterocycles. The number of amides is 2. The number of carbonyl (C=O) groups excluding carboxylic acids is 2. The van der Waals surface area contributed by atoms with Crippen molar-refractivity contribution in [1.82, 2.24) is 10.2 Å². The molecule has 8 heteroatoms. The van der Waals surface area contributed by atoms with E-state index in [2.05, 4.69) is 31.9 Å². The number of halogens is 1. The van der Waals surface area contributed by atoms with Gasteiger partial charge in [-0.1, -0.05) is 28.1 Å². The van der Waals surface area contributed by atoms with E-state index in [1.54, 1.807) is 7.05 Å². The van der Waals surface area contributed by atoms with Crippen molar-refractivity contribution in [1.29, 1.82) is 0 Å². The molecule has 1 aromatic heterocycles. The quantitative estimate of drug-likeness (QED) is 0.610. The third-order valence-corrected chi connectivity index (χ3v) is 6.10. The van der Waals surface area contributed by atoms with Crippen LogP contribution in [0.2, 0.25) is 0 Å². The molecule has 1 aliphatic heterocycles. The van der Waals surface area contributed by atoms with Crippen LogP contribution < -0.4 is 16.0 Å². The second-order valence-electron chi connectivity index (χ2n) is 6.22. The summed E-state index contributed by atoms with van der Waals surface area (Å²) in [7, 11) is 1.62. The average molecular weight is 461 g/mol. The monoisotopic (exact) mass is 460 g/mol. The van der Waals surface area contributed by atoms with Crippen molar-refractivity contribution in [2.75, 3.05) is 24.3 Å². The molecule has 0 aliphatic carbocycles. The summed E-state index contributed by atoms with van der Waals surface area (Å²) in [5.74, 6) is -0.257. The molecule has 146 valence electrons.